The van der Waals surface area contributed by atoms with Crippen molar-refractivity contribution in [3.63, 3.8) is 0 Å². The minimum Gasteiger partial charge on any atom is -0.850 e. The maximum absolute atomic E-state index is 11.9. The first-order valence-corrected chi connectivity index (χ1v) is 20.9. The second-order valence-electron chi connectivity index (χ2n) is 24.8. The van der Waals surface area contributed by atoms with E-state index in [9.17, 15) is 29.4 Å². The number of carbonyl (C=O) groups is 4. The SMILES string of the molecule is CC(C)(C)CC(C)(C)C(=O)O.CC(C)(C)CC(C)(C)C(=O)OC(C)(C)C.CC(C)(C)N1C(=O)C1(C)C.CC(C)(C)NC(=O)C(C)(C)Br.CC(C)(C)[O-].CC(C)(C)[O-].[K+].[K+]. The van der Waals surface area contributed by atoms with Crippen LogP contribution in [0.5, 0.6) is 0 Å². The van der Waals surface area contributed by atoms with Gasteiger partial charge in [-0.2, -0.15) is 0 Å². The normalized spacial score (nSPS) is 14.4. The van der Waals surface area contributed by atoms with Gasteiger partial charge in [-0.3, -0.25) is 19.2 Å². The summed E-state index contributed by atoms with van der Waals surface area (Å²) in [7, 11) is 0. The third-order valence-corrected chi connectivity index (χ3v) is 6.77. The van der Waals surface area contributed by atoms with E-state index in [1.54, 1.807) is 55.4 Å². The first-order chi connectivity index (χ1) is 23.9. The molecule has 344 valence electrons. The van der Waals surface area contributed by atoms with Crippen LogP contribution in [0.3, 0.4) is 0 Å². The minimum absolute atomic E-state index is 0. The van der Waals surface area contributed by atoms with Gasteiger partial charge in [0, 0.05) is 11.1 Å². The van der Waals surface area contributed by atoms with Gasteiger partial charge in [0.2, 0.25) is 11.8 Å². The number of hydrogen-bond acceptors (Lipinski definition) is 7. The molecule has 0 aromatic heterocycles. The summed E-state index contributed by atoms with van der Waals surface area (Å²) in [5, 5.41) is 31.9. The molecular formula is C46H93BrK2N2O8. The predicted molar refractivity (Wildman–Crippen MR) is 240 cm³/mol. The minimum atomic E-state index is -0.750. The van der Waals surface area contributed by atoms with E-state index in [1.807, 2.05) is 88.0 Å². The number of halogens is 1. The standard InChI is InChI=1S/C13H26O2.C9H18O2.C8H16BrNO.C8H15NO.2C4H9O.2K/c1-11(2,3)9-13(7,8)10(14)15-12(4,5)6;1-8(2,3)6-9(4,5)7(10)11;1-7(2,3)10-6(11)8(4,5)9;1-7(2,3)9-6(10)8(9,4)5;2*1-4(2,3)5;;/h9H2,1-8H3;6H2,1-5H3,(H,10,11);1-5H3,(H,10,11);1-5H3;2*1-3H3;;/q;;;;2*-1;2*+1. The van der Waals surface area contributed by atoms with Crippen molar-refractivity contribution in [2.75, 3.05) is 0 Å². The maximum atomic E-state index is 11.9. The summed E-state index contributed by atoms with van der Waals surface area (Å²) in [5.41, 5.74) is -3.03. The molecule has 1 aliphatic rings. The van der Waals surface area contributed by atoms with Crippen LogP contribution >= 0.6 is 15.9 Å². The van der Waals surface area contributed by atoms with Gasteiger partial charge in [0.25, 0.3) is 0 Å². The smallest absolute Gasteiger partial charge is 0.850 e. The van der Waals surface area contributed by atoms with Gasteiger partial charge >= 0.3 is 115 Å². The Morgan fingerprint density at radius 1 is 0.627 bits per heavy atom. The van der Waals surface area contributed by atoms with Crippen LogP contribution in [0.15, 0.2) is 0 Å². The van der Waals surface area contributed by atoms with Gasteiger partial charge in [-0.1, -0.05) is 99.0 Å². The molecule has 0 aromatic carbocycles. The van der Waals surface area contributed by atoms with E-state index < -0.39 is 37.9 Å². The van der Waals surface area contributed by atoms with Crippen LogP contribution in [0.25, 0.3) is 0 Å². The molecule has 0 atom stereocenters. The van der Waals surface area contributed by atoms with E-state index in [0.717, 1.165) is 6.42 Å². The molecule has 0 bridgehead atoms. The van der Waals surface area contributed by atoms with Gasteiger partial charge in [0.05, 0.1) is 15.2 Å². The van der Waals surface area contributed by atoms with Crippen LogP contribution in [0, 0.1) is 21.7 Å². The number of alkyl halides is 1. The summed E-state index contributed by atoms with van der Waals surface area (Å²) < 4.78 is 4.94. The third-order valence-electron chi connectivity index (χ3n) is 6.41. The predicted octanol–water partition coefficient (Wildman–Crippen LogP) is 4.10. The summed E-state index contributed by atoms with van der Waals surface area (Å²) >= 11 is 3.28. The van der Waals surface area contributed by atoms with Crippen LogP contribution < -0.4 is 118 Å². The number of carbonyl (C=O) groups excluding carboxylic acids is 3. The second kappa shape index (κ2) is 27.3. The number of rotatable bonds is 5. The molecule has 0 saturated carbocycles. The van der Waals surface area contributed by atoms with E-state index in [0.29, 0.717) is 6.42 Å². The summed E-state index contributed by atoms with van der Waals surface area (Å²) in [4.78, 5) is 47.0. The molecule has 59 heavy (non-hydrogen) atoms. The first kappa shape index (κ1) is 74.9. The Morgan fingerprint density at radius 2 is 0.881 bits per heavy atom. The van der Waals surface area contributed by atoms with Crippen molar-refractivity contribution < 1.29 is 142 Å². The van der Waals surface area contributed by atoms with Crippen LogP contribution in [0.4, 0.5) is 0 Å². The van der Waals surface area contributed by atoms with Crippen LogP contribution in [-0.2, 0) is 23.9 Å². The summed E-state index contributed by atoms with van der Waals surface area (Å²) in [5.74, 6) is -0.539. The van der Waals surface area contributed by atoms with E-state index in [2.05, 4.69) is 83.6 Å². The number of nitrogens with one attached hydrogen (secondary N) is 1. The fourth-order valence-electron chi connectivity index (χ4n) is 5.23. The van der Waals surface area contributed by atoms with E-state index in [1.165, 1.54) is 0 Å². The summed E-state index contributed by atoms with van der Waals surface area (Å²) in [6.45, 7) is 55.1. The Hall–Kier alpha value is 1.55. The van der Waals surface area contributed by atoms with Gasteiger partial charge in [-0.05, 0) is 141 Å². The van der Waals surface area contributed by atoms with Crippen LogP contribution in [0.2, 0.25) is 0 Å². The molecule has 0 aromatic rings. The zero-order chi connectivity index (χ0) is 48.2. The summed E-state index contributed by atoms with van der Waals surface area (Å²) in [6, 6.07) is 0. The molecule has 13 heteroatoms. The summed E-state index contributed by atoms with van der Waals surface area (Å²) in [6.07, 6.45) is 1.53. The molecule has 1 heterocycles. The average molecular weight is 960 g/mol. The number of amides is 2. The molecular weight excluding hydrogens is 867 g/mol. The molecule has 10 nitrogen and oxygen atoms in total. The zero-order valence-corrected chi connectivity index (χ0v) is 52.4. The van der Waals surface area contributed by atoms with Crippen molar-refractivity contribution in [1.82, 2.24) is 10.2 Å². The van der Waals surface area contributed by atoms with Crippen LogP contribution in [0.1, 0.15) is 214 Å². The van der Waals surface area contributed by atoms with Gasteiger partial charge in [-0.25, -0.2) is 0 Å². The topological polar surface area (TPSA) is 159 Å². The Bertz CT molecular complexity index is 1220. The molecule has 1 saturated heterocycles. The second-order valence-corrected chi connectivity index (χ2v) is 26.8. The Morgan fingerprint density at radius 3 is 0.983 bits per heavy atom. The van der Waals surface area contributed by atoms with Gasteiger partial charge in [0.1, 0.15) is 11.1 Å². The molecule has 0 radical (unpaired) electrons. The number of hydrogen-bond donors (Lipinski definition) is 2. The number of ether oxygens (including phenoxy) is 1. The quantitative estimate of drug-likeness (QED) is 0.181. The largest absolute Gasteiger partial charge is 1.00 e. The number of esters is 1. The Balaban J connectivity index is -0.000000113. The van der Waals surface area contributed by atoms with E-state index in [4.69, 9.17) is 9.84 Å². The molecule has 2 amide bonds. The maximum Gasteiger partial charge on any atom is 1.00 e. The van der Waals surface area contributed by atoms with Crippen molar-refractivity contribution in [2.24, 2.45) is 21.7 Å². The molecule has 0 aliphatic carbocycles. The third kappa shape index (κ3) is 52.1. The van der Waals surface area contributed by atoms with E-state index >= 15 is 0 Å². The number of nitrogens with zero attached hydrogens (tertiary/aromatic N) is 1. The molecule has 2 N–H and O–H groups in total. The number of aliphatic carboxylic acids is 1. The fraction of sp³-hybridized carbons (Fsp3) is 0.913. The van der Waals surface area contributed by atoms with Crippen molar-refractivity contribution >= 4 is 39.7 Å². The molecule has 1 aliphatic heterocycles. The van der Waals surface area contributed by atoms with Crippen molar-refractivity contribution in [3.8, 4) is 0 Å². The van der Waals surface area contributed by atoms with Crippen LogP contribution in [-0.4, -0.2) is 71.5 Å². The van der Waals surface area contributed by atoms with Crippen molar-refractivity contribution in [3.05, 3.63) is 0 Å². The molecule has 1 fully saturated rings. The van der Waals surface area contributed by atoms with Crippen molar-refractivity contribution in [1.29, 1.82) is 0 Å². The monoisotopic (exact) mass is 959 g/mol. The number of carboxylic acids is 1. The zero-order valence-electron chi connectivity index (χ0n) is 44.5. The first-order valence-electron chi connectivity index (χ1n) is 20.1. The van der Waals surface area contributed by atoms with Gasteiger partial charge in [0.15, 0.2) is 0 Å². The van der Waals surface area contributed by atoms with Crippen molar-refractivity contribution in [2.45, 2.75) is 251 Å². The Kier molecular flexibility index (Phi) is 34.6. The molecule has 1 rings (SSSR count). The molecule has 0 unspecified atom stereocenters. The fourth-order valence-corrected chi connectivity index (χ4v) is 5.33. The van der Waals surface area contributed by atoms with Gasteiger partial charge < -0.3 is 30.3 Å². The number of carboxylic acid groups (broad SMARTS) is 1. The van der Waals surface area contributed by atoms with Gasteiger partial charge in [-0.15, -0.1) is 11.2 Å². The molecule has 0 spiro atoms. The Labute approximate surface area is 458 Å². The average Bonchev–Trinajstić information content (AvgIpc) is 3.29. The van der Waals surface area contributed by atoms with E-state index in [-0.39, 0.29) is 148 Å².